The van der Waals surface area contributed by atoms with Crippen LogP contribution in [0.3, 0.4) is 0 Å². The number of amides is 1. The summed E-state index contributed by atoms with van der Waals surface area (Å²) in [5.74, 6) is -0.620. The zero-order valence-corrected chi connectivity index (χ0v) is 11.1. The number of nitrogens with zero attached hydrogens (tertiary/aromatic N) is 2. The van der Waals surface area contributed by atoms with Crippen LogP contribution in [0.15, 0.2) is 24.3 Å². The highest BCUT2D eigenvalue weighted by Gasteiger charge is 2.26. The molecule has 19 heavy (non-hydrogen) atoms. The Kier molecular flexibility index (Phi) is 3.86. The smallest absolute Gasteiger partial charge is 0.253 e. The maximum atomic E-state index is 12.8. The SMILES string of the molecule is [CH2]S(=O)(=O)N1CCN(C(=O)c2ccc(F)cc2)CC1. The van der Waals surface area contributed by atoms with Crippen LogP contribution in [0.2, 0.25) is 0 Å². The molecule has 103 valence electrons. The molecule has 0 bridgehead atoms. The van der Waals surface area contributed by atoms with E-state index in [1.54, 1.807) is 4.90 Å². The Labute approximate surface area is 111 Å². The zero-order chi connectivity index (χ0) is 14.0. The van der Waals surface area contributed by atoms with Crippen molar-refractivity contribution in [3.63, 3.8) is 0 Å². The van der Waals surface area contributed by atoms with Gasteiger partial charge in [-0.1, -0.05) is 0 Å². The monoisotopic (exact) mass is 285 g/mol. The van der Waals surface area contributed by atoms with E-state index in [1.807, 2.05) is 0 Å². The summed E-state index contributed by atoms with van der Waals surface area (Å²) in [7, 11) is -3.45. The van der Waals surface area contributed by atoms with Crippen LogP contribution < -0.4 is 0 Å². The van der Waals surface area contributed by atoms with Crippen molar-refractivity contribution in [3.8, 4) is 0 Å². The third-order valence-electron chi connectivity index (χ3n) is 3.01. The lowest BCUT2D eigenvalue weighted by Gasteiger charge is -2.33. The molecule has 2 rings (SSSR count). The van der Waals surface area contributed by atoms with Crippen LogP contribution >= 0.6 is 0 Å². The molecule has 1 heterocycles. The maximum absolute atomic E-state index is 12.8. The molecular weight excluding hydrogens is 271 g/mol. The second kappa shape index (κ2) is 5.26. The quantitative estimate of drug-likeness (QED) is 0.804. The Morgan fingerprint density at radius 2 is 1.63 bits per heavy atom. The summed E-state index contributed by atoms with van der Waals surface area (Å²) in [6, 6.07) is 5.29. The molecule has 0 atom stereocenters. The van der Waals surface area contributed by atoms with Crippen LogP contribution in [0.1, 0.15) is 10.4 Å². The minimum atomic E-state index is -3.45. The van der Waals surface area contributed by atoms with Crippen molar-refractivity contribution in [1.29, 1.82) is 0 Å². The van der Waals surface area contributed by atoms with Gasteiger partial charge in [-0.25, -0.2) is 12.8 Å². The molecule has 1 fully saturated rings. The first-order chi connectivity index (χ1) is 8.88. The molecule has 1 saturated heterocycles. The molecule has 0 unspecified atom stereocenters. The van der Waals surface area contributed by atoms with Crippen molar-refractivity contribution in [2.24, 2.45) is 0 Å². The van der Waals surface area contributed by atoms with Crippen molar-refractivity contribution in [2.45, 2.75) is 0 Å². The predicted octanol–water partition coefficient (Wildman–Crippen LogP) is 0.705. The van der Waals surface area contributed by atoms with Crippen molar-refractivity contribution >= 4 is 15.9 Å². The van der Waals surface area contributed by atoms with E-state index in [-0.39, 0.29) is 19.0 Å². The summed E-state index contributed by atoms with van der Waals surface area (Å²) >= 11 is 0. The van der Waals surface area contributed by atoms with E-state index in [4.69, 9.17) is 0 Å². The molecule has 1 amide bonds. The lowest BCUT2D eigenvalue weighted by Crippen LogP contribution is -2.49. The number of benzene rings is 1. The second-order valence-electron chi connectivity index (χ2n) is 4.31. The summed E-state index contributed by atoms with van der Waals surface area (Å²) in [4.78, 5) is 13.6. The first-order valence-electron chi connectivity index (χ1n) is 5.76. The van der Waals surface area contributed by atoms with Gasteiger partial charge in [0.25, 0.3) is 5.91 Å². The first-order valence-corrected chi connectivity index (χ1v) is 7.37. The van der Waals surface area contributed by atoms with Crippen molar-refractivity contribution in [1.82, 2.24) is 9.21 Å². The van der Waals surface area contributed by atoms with Crippen molar-refractivity contribution < 1.29 is 17.6 Å². The van der Waals surface area contributed by atoms with Crippen molar-refractivity contribution in [3.05, 3.63) is 41.9 Å². The van der Waals surface area contributed by atoms with Gasteiger partial charge in [-0.3, -0.25) is 4.79 Å². The molecule has 1 aromatic carbocycles. The Bertz CT molecular complexity index is 563. The first kappa shape index (κ1) is 14.0. The van der Waals surface area contributed by atoms with E-state index in [0.29, 0.717) is 18.7 Å². The standard InChI is InChI=1S/C12H14FN2O3S/c1-19(17,18)15-8-6-14(7-9-15)12(16)10-2-4-11(13)5-3-10/h2-5H,1,6-9H2. The van der Waals surface area contributed by atoms with Gasteiger partial charge >= 0.3 is 0 Å². The highest BCUT2D eigenvalue weighted by Crippen LogP contribution is 2.11. The average Bonchev–Trinajstić information content (AvgIpc) is 2.38. The summed E-state index contributed by atoms with van der Waals surface area (Å²) in [5, 5.41) is 0. The fourth-order valence-electron chi connectivity index (χ4n) is 1.94. The normalized spacial score (nSPS) is 17.5. The predicted molar refractivity (Wildman–Crippen MR) is 68.2 cm³/mol. The van der Waals surface area contributed by atoms with Crippen molar-refractivity contribution in [2.75, 3.05) is 26.2 Å². The molecule has 1 aliphatic heterocycles. The fourth-order valence-corrected chi connectivity index (χ4v) is 2.66. The van der Waals surface area contributed by atoms with Gasteiger partial charge in [0.05, 0.1) is 6.26 Å². The number of piperazine rings is 1. The van der Waals surface area contributed by atoms with Gasteiger partial charge < -0.3 is 4.90 Å². The molecule has 0 saturated carbocycles. The number of carbonyl (C=O) groups is 1. The van der Waals surface area contributed by atoms with Gasteiger partial charge in [-0.15, -0.1) is 0 Å². The number of hydrogen-bond acceptors (Lipinski definition) is 3. The Balaban J connectivity index is 2.02. The van der Waals surface area contributed by atoms with Crippen LogP contribution in [0.25, 0.3) is 0 Å². The molecule has 7 heteroatoms. The van der Waals surface area contributed by atoms with Crippen LogP contribution in [0.4, 0.5) is 4.39 Å². The molecule has 1 aliphatic rings. The van der Waals surface area contributed by atoms with Crippen LogP contribution in [0, 0.1) is 12.1 Å². The topological polar surface area (TPSA) is 57.7 Å². The summed E-state index contributed by atoms with van der Waals surface area (Å²) in [6.07, 6.45) is 3.08. The van der Waals surface area contributed by atoms with E-state index >= 15 is 0 Å². The highest BCUT2D eigenvalue weighted by molar-refractivity contribution is 7.90. The number of carbonyl (C=O) groups excluding carboxylic acids is 1. The maximum Gasteiger partial charge on any atom is 0.253 e. The minimum absolute atomic E-state index is 0.221. The van der Waals surface area contributed by atoms with Crippen LogP contribution in [-0.2, 0) is 10.0 Å². The van der Waals surface area contributed by atoms with E-state index in [1.165, 1.54) is 28.6 Å². The Morgan fingerprint density at radius 3 is 2.11 bits per heavy atom. The Morgan fingerprint density at radius 1 is 1.11 bits per heavy atom. The molecule has 0 aromatic heterocycles. The summed E-state index contributed by atoms with van der Waals surface area (Å²) < 4.78 is 36.5. The zero-order valence-electron chi connectivity index (χ0n) is 10.3. The van der Waals surface area contributed by atoms with Gasteiger partial charge in [-0.05, 0) is 24.3 Å². The largest absolute Gasteiger partial charge is 0.336 e. The second-order valence-corrected chi connectivity index (χ2v) is 5.99. The summed E-state index contributed by atoms with van der Waals surface area (Å²) in [6.45, 7) is 1.09. The molecule has 0 aliphatic carbocycles. The van der Waals surface area contributed by atoms with E-state index in [2.05, 4.69) is 6.26 Å². The highest BCUT2D eigenvalue weighted by atomic mass is 32.2. The van der Waals surface area contributed by atoms with Crippen LogP contribution in [0.5, 0.6) is 0 Å². The molecule has 0 spiro atoms. The molecule has 1 radical (unpaired) electrons. The minimum Gasteiger partial charge on any atom is -0.336 e. The van der Waals surface area contributed by atoms with E-state index in [9.17, 15) is 17.6 Å². The van der Waals surface area contributed by atoms with Gasteiger partial charge in [0.1, 0.15) is 5.82 Å². The lowest BCUT2D eigenvalue weighted by atomic mass is 10.2. The van der Waals surface area contributed by atoms with Gasteiger partial charge in [0.2, 0.25) is 10.0 Å². The van der Waals surface area contributed by atoms with Gasteiger partial charge in [-0.2, -0.15) is 4.31 Å². The van der Waals surface area contributed by atoms with Gasteiger partial charge in [0, 0.05) is 31.7 Å². The fraction of sp³-hybridized carbons (Fsp3) is 0.333. The van der Waals surface area contributed by atoms with E-state index < -0.39 is 15.8 Å². The third kappa shape index (κ3) is 3.30. The van der Waals surface area contributed by atoms with Gasteiger partial charge in [0.15, 0.2) is 0 Å². The molecule has 1 aromatic rings. The molecule has 5 nitrogen and oxygen atoms in total. The van der Waals surface area contributed by atoms with E-state index in [0.717, 1.165) is 0 Å². The number of rotatable bonds is 2. The van der Waals surface area contributed by atoms with Crippen LogP contribution in [-0.4, -0.2) is 49.7 Å². The number of sulfonamides is 1. The Hall–Kier alpha value is -1.47. The number of halogens is 1. The number of hydrogen-bond donors (Lipinski definition) is 0. The third-order valence-corrected chi connectivity index (χ3v) is 4.16. The average molecular weight is 285 g/mol. The lowest BCUT2D eigenvalue weighted by molar-refractivity contribution is 0.0698. The molecular formula is C12H14FN2O3S. The molecule has 0 N–H and O–H groups in total. The summed E-state index contributed by atoms with van der Waals surface area (Å²) in [5.41, 5.74) is 0.396.